The molecule has 0 bridgehead atoms. The van der Waals surface area contributed by atoms with Crippen molar-refractivity contribution in [3.05, 3.63) is 36.6 Å². The van der Waals surface area contributed by atoms with Crippen LogP contribution in [0.2, 0.25) is 0 Å². The fourth-order valence-corrected chi connectivity index (χ4v) is 2.21. The topological polar surface area (TPSA) is 60.9 Å². The number of nitrogens with two attached hydrogens (primary N) is 1. The van der Waals surface area contributed by atoms with Gasteiger partial charge in [0.2, 0.25) is 0 Å². The molecule has 0 aliphatic carbocycles. The third-order valence-corrected chi connectivity index (χ3v) is 3.28. The van der Waals surface area contributed by atoms with Gasteiger partial charge >= 0.3 is 0 Å². The van der Waals surface area contributed by atoms with Crippen molar-refractivity contribution < 1.29 is 13.9 Å². The zero-order valence-electron chi connectivity index (χ0n) is 12.5. The number of methoxy groups -OCH3 is 2. The second kappa shape index (κ2) is 7.71. The lowest BCUT2D eigenvalue weighted by Crippen LogP contribution is -2.31. The summed E-state index contributed by atoms with van der Waals surface area (Å²) in [5.41, 5.74) is 8.68. The highest BCUT2D eigenvalue weighted by atomic mass is 16.5. The lowest BCUT2D eigenvalue weighted by molar-refractivity contribution is 0.190. The first-order valence-corrected chi connectivity index (χ1v) is 6.92. The second-order valence-electron chi connectivity index (χ2n) is 4.73. The number of hydrogen-bond acceptors (Lipinski definition) is 5. The van der Waals surface area contributed by atoms with E-state index >= 15 is 0 Å². The first kappa shape index (κ1) is 15.4. The molecular formula is C16H22N2O3. The summed E-state index contributed by atoms with van der Waals surface area (Å²) in [4.78, 5) is 2.21. The molecule has 0 atom stereocenters. The number of rotatable bonds is 8. The number of benzene rings is 1. The van der Waals surface area contributed by atoms with E-state index in [1.807, 2.05) is 30.3 Å². The van der Waals surface area contributed by atoms with Gasteiger partial charge in [0, 0.05) is 44.2 Å². The maximum Gasteiger partial charge on any atom is 0.136 e. The molecule has 114 valence electrons. The number of anilines is 2. The Morgan fingerprint density at radius 2 is 1.81 bits per heavy atom. The average Bonchev–Trinajstić information content (AvgIpc) is 3.02. The lowest BCUT2D eigenvalue weighted by atomic mass is 10.1. The Labute approximate surface area is 125 Å². The SMILES string of the molecule is COCCN(CCOC)c1ccc(N)cc1-c1ccco1. The Morgan fingerprint density at radius 1 is 1.10 bits per heavy atom. The van der Waals surface area contributed by atoms with Crippen LogP contribution in [0, 0.1) is 0 Å². The van der Waals surface area contributed by atoms with Crippen molar-refractivity contribution in [2.75, 3.05) is 51.2 Å². The van der Waals surface area contributed by atoms with Gasteiger partial charge in [-0.1, -0.05) is 0 Å². The molecule has 2 rings (SSSR count). The van der Waals surface area contributed by atoms with E-state index in [1.54, 1.807) is 20.5 Å². The van der Waals surface area contributed by atoms with Crippen molar-refractivity contribution in [3.8, 4) is 11.3 Å². The molecule has 0 saturated carbocycles. The number of hydrogen-bond donors (Lipinski definition) is 1. The Bertz CT molecular complexity index is 532. The fraction of sp³-hybridized carbons (Fsp3) is 0.375. The lowest BCUT2D eigenvalue weighted by Gasteiger charge is -2.26. The first-order chi connectivity index (χ1) is 10.3. The minimum atomic E-state index is 0.645. The van der Waals surface area contributed by atoms with Crippen LogP contribution in [0.1, 0.15) is 0 Å². The van der Waals surface area contributed by atoms with Gasteiger partial charge in [-0.2, -0.15) is 0 Å². The third kappa shape index (κ3) is 4.00. The smallest absolute Gasteiger partial charge is 0.136 e. The molecule has 1 heterocycles. The predicted octanol–water partition coefficient (Wildman–Crippen LogP) is 2.63. The van der Waals surface area contributed by atoms with Crippen LogP contribution in [0.15, 0.2) is 41.0 Å². The van der Waals surface area contributed by atoms with Gasteiger partial charge in [-0.25, -0.2) is 0 Å². The van der Waals surface area contributed by atoms with Gasteiger partial charge in [0.15, 0.2) is 0 Å². The van der Waals surface area contributed by atoms with Crippen LogP contribution in [0.25, 0.3) is 11.3 Å². The molecule has 2 N–H and O–H groups in total. The maximum absolute atomic E-state index is 5.92. The fourth-order valence-electron chi connectivity index (χ4n) is 2.21. The normalized spacial score (nSPS) is 10.8. The average molecular weight is 290 g/mol. The van der Waals surface area contributed by atoms with E-state index in [-0.39, 0.29) is 0 Å². The molecular weight excluding hydrogens is 268 g/mol. The zero-order valence-corrected chi connectivity index (χ0v) is 12.5. The molecule has 2 aromatic rings. The van der Waals surface area contributed by atoms with Crippen molar-refractivity contribution in [3.63, 3.8) is 0 Å². The summed E-state index contributed by atoms with van der Waals surface area (Å²) in [5, 5.41) is 0. The predicted molar refractivity (Wildman–Crippen MR) is 84.5 cm³/mol. The highest BCUT2D eigenvalue weighted by molar-refractivity contribution is 5.78. The van der Waals surface area contributed by atoms with Crippen LogP contribution in [0.4, 0.5) is 11.4 Å². The quantitative estimate of drug-likeness (QED) is 0.757. The van der Waals surface area contributed by atoms with Gasteiger partial charge in [0.05, 0.1) is 19.5 Å². The highest BCUT2D eigenvalue weighted by Crippen LogP contribution is 2.33. The molecule has 0 unspecified atom stereocenters. The van der Waals surface area contributed by atoms with Crippen molar-refractivity contribution in [2.45, 2.75) is 0 Å². The van der Waals surface area contributed by atoms with Crippen LogP contribution in [0.5, 0.6) is 0 Å². The van der Waals surface area contributed by atoms with Gasteiger partial charge < -0.3 is 24.5 Å². The van der Waals surface area contributed by atoms with Crippen LogP contribution in [-0.2, 0) is 9.47 Å². The first-order valence-electron chi connectivity index (χ1n) is 6.92. The molecule has 5 heteroatoms. The van der Waals surface area contributed by atoms with E-state index in [1.165, 1.54) is 0 Å². The summed E-state index contributed by atoms with van der Waals surface area (Å²) in [6.45, 7) is 2.84. The van der Waals surface area contributed by atoms with Gasteiger partial charge in [0.1, 0.15) is 5.76 Å². The van der Waals surface area contributed by atoms with Crippen molar-refractivity contribution >= 4 is 11.4 Å². The Hall–Kier alpha value is -1.98. The summed E-state index contributed by atoms with van der Waals surface area (Å²) in [6, 6.07) is 9.65. The Kier molecular flexibility index (Phi) is 5.66. The molecule has 0 amide bonds. The van der Waals surface area contributed by atoms with Gasteiger partial charge in [0.25, 0.3) is 0 Å². The van der Waals surface area contributed by atoms with Crippen LogP contribution in [0.3, 0.4) is 0 Å². The standard InChI is InChI=1S/C16H22N2O3/c1-19-10-7-18(8-11-20-2)15-6-5-13(17)12-14(15)16-4-3-9-21-16/h3-6,9,12H,7-8,10-11,17H2,1-2H3. The summed E-state index contributed by atoms with van der Waals surface area (Å²) in [7, 11) is 3.40. The third-order valence-electron chi connectivity index (χ3n) is 3.28. The molecule has 0 aliphatic rings. The minimum Gasteiger partial charge on any atom is -0.464 e. The van der Waals surface area contributed by atoms with Crippen molar-refractivity contribution in [2.24, 2.45) is 0 Å². The van der Waals surface area contributed by atoms with E-state index in [2.05, 4.69) is 4.90 Å². The van der Waals surface area contributed by atoms with Crippen LogP contribution in [-0.4, -0.2) is 40.5 Å². The molecule has 0 radical (unpaired) electrons. The molecule has 0 fully saturated rings. The minimum absolute atomic E-state index is 0.645. The number of furan rings is 1. The van der Waals surface area contributed by atoms with E-state index in [4.69, 9.17) is 19.6 Å². The van der Waals surface area contributed by atoms with E-state index in [9.17, 15) is 0 Å². The monoisotopic (exact) mass is 290 g/mol. The molecule has 5 nitrogen and oxygen atoms in total. The van der Waals surface area contributed by atoms with Crippen LogP contribution < -0.4 is 10.6 Å². The van der Waals surface area contributed by atoms with Crippen molar-refractivity contribution in [1.29, 1.82) is 0 Å². The maximum atomic E-state index is 5.92. The van der Waals surface area contributed by atoms with Crippen molar-refractivity contribution in [1.82, 2.24) is 0 Å². The van der Waals surface area contributed by atoms with Gasteiger partial charge in [-0.3, -0.25) is 0 Å². The number of nitrogen functional groups attached to an aromatic ring is 1. The highest BCUT2D eigenvalue weighted by Gasteiger charge is 2.14. The molecule has 1 aromatic carbocycles. The van der Waals surface area contributed by atoms with Gasteiger partial charge in [-0.05, 0) is 30.3 Å². The van der Waals surface area contributed by atoms with Gasteiger partial charge in [-0.15, -0.1) is 0 Å². The summed E-state index contributed by atoms with van der Waals surface area (Å²) >= 11 is 0. The Morgan fingerprint density at radius 3 is 2.38 bits per heavy atom. The molecule has 0 spiro atoms. The summed E-state index contributed by atoms with van der Waals surface area (Å²) in [6.07, 6.45) is 1.66. The number of ether oxygens (including phenoxy) is 2. The van der Waals surface area contributed by atoms with E-state index < -0.39 is 0 Å². The van der Waals surface area contributed by atoms with E-state index in [0.29, 0.717) is 18.9 Å². The zero-order chi connectivity index (χ0) is 15.1. The van der Waals surface area contributed by atoms with E-state index in [0.717, 1.165) is 30.1 Å². The second-order valence-corrected chi connectivity index (χ2v) is 4.73. The molecule has 0 aliphatic heterocycles. The Balaban J connectivity index is 2.34. The summed E-state index contributed by atoms with van der Waals surface area (Å²) < 4.78 is 15.9. The summed E-state index contributed by atoms with van der Waals surface area (Å²) in [5.74, 6) is 0.803. The molecule has 21 heavy (non-hydrogen) atoms. The number of nitrogens with zero attached hydrogens (tertiary/aromatic N) is 1. The molecule has 0 saturated heterocycles. The largest absolute Gasteiger partial charge is 0.464 e. The molecule has 1 aromatic heterocycles. The van der Waals surface area contributed by atoms with Crippen LogP contribution >= 0.6 is 0 Å².